The molecule has 0 rings (SSSR count). The van der Waals surface area contributed by atoms with Crippen molar-refractivity contribution >= 4 is 5.78 Å². The van der Waals surface area contributed by atoms with Gasteiger partial charge < -0.3 is 0 Å². The van der Waals surface area contributed by atoms with Crippen molar-refractivity contribution in [2.24, 2.45) is 23.2 Å². The molecule has 0 saturated heterocycles. The van der Waals surface area contributed by atoms with Crippen LogP contribution in [0.5, 0.6) is 0 Å². The number of hydrogen-bond acceptors (Lipinski definition) is 1. The molecule has 0 aromatic carbocycles. The van der Waals surface area contributed by atoms with Gasteiger partial charge in [-0.05, 0) is 24.7 Å². The highest BCUT2D eigenvalue weighted by Gasteiger charge is 2.33. The second kappa shape index (κ2) is 5.67. The summed E-state index contributed by atoms with van der Waals surface area (Å²) >= 11 is 0. The van der Waals surface area contributed by atoms with E-state index >= 15 is 0 Å². The van der Waals surface area contributed by atoms with Crippen LogP contribution in [0.1, 0.15) is 61.3 Å². The Kier molecular flexibility index (Phi) is 5.55. The van der Waals surface area contributed by atoms with Crippen LogP contribution in [0.2, 0.25) is 0 Å². The topological polar surface area (TPSA) is 17.1 Å². The Morgan fingerprint density at radius 1 is 1.13 bits per heavy atom. The Labute approximate surface area is 95.6 Å². The van der Waals surface area contributed by atoms with Gasteiger partial charge in [0.05, 0.1) is 0 Å². The van der Waals surface area contributed by atoms with E-state index in [-0.39, 0.29) is 11.3 Å². The molecule has 0 N–H and O–H groups in total. The van der Waals surface area contributed by atoms with Crippen molar-refractivity contribution in [3.8, 4) is 0 Å². The first-order chi connectivity index (χ1) is 6.72. The Bertz CT molecular complexity index is 201. The van der Waals surface area contributed by atoms with Crippen LogP contribution in [-0.2, 0) is 4.79 Å². The molecule has 1 atom stereocenters. The zero-order chi connectivity index (χ0) is 12.2. The highest BCUT2D eigenvalue weighted by atomic mass is 16.1. The van der Waals surface area contributed by atoms with Crippen LogP contribution >= 0.6 is 0 Å². The van der Waals surface area contributed by atoms with Gasteiger partial charge in [0.1, 0.15) is 5.78 Å². The maximum atomic E-state index is 12.4. The maximum absolute atomic E-state index is 12.4. The van der Waals surface area contributed by atoms with Gasteiger partial charge in [0.25, 0.3) is 0 Å². The highest BCUT2D eigenvalue weighted by molar-refractivity contribution is 5.86. The van der Waals surface area contributed by atoms with Crippen molar-refractivity contribution in [1.82, 2.24) is 0 Å². The fourth-order valence-electron chi connectivity index (χ4n) is 1.87. The molecule has 1 nitrogen and oxygen atoms in total. The Morgan fingerprint density at radius 2 is 1.60 bits per heavy atom. The fourth-order valence-corrected chi connectivity index (χ4v) is 1.87. The molecule has 0 amide bonds. The Hall–Kier alpha value is -0.330. The molecule has 0 aromatic heterocycles. The molecular formula is C14H28O. The molecule has 0 aliphatic rings. The number of ketones is 1. The van der Waals surface area contributed by atoms with Crippen LogP contribution in [0.25, 0.3) is 0 Å². The van der Waals surface area contributed by atoms with Gasteiger partial charge in [0.15, 0.2) is 0 Å². The third kappa shape index (κ3) is 4.36. The van der Waals surface area contributed by atoms with Gasteiger partial charge in [0.2, 0.25) is 0 Å². The summed E-state index contributed by atoms with van der Waals surface area (Å²) in [6.07, 6.45) is 1.97. The molecule has 1 heteroatoms. The summed E-state index contributed by atoms with van der Waals surface area (Å²) in [7, 11) is 0. The summed E-state index contributed by atoms with van der Waals surface area (Å²) in [6, 6.07) is 0. The molecule has 0 aromatic rings. The van der Waals surface area contributed by atoms with Crippen molar-refractivity contribution in [1.29, 1.82) is 0 Å². The Balaban J connectivity index is 4.71. The monoisotopic (exact) mass is 212 g/mol. The van der Waals surface area contributed by atoms with E-state index in [0.29, 0.717) is 17.6 Å². The lowest BCUT2D eigenvalue weighted by Gasteiger charge is -2.30. The quantitative estimate of drug-likeness (QED) is 0.641. The fraction of sp³-hybridized carbons (Fsp3) is 0.929. The highest BCUT2D eigenvalue weighted by Crippen LogP contribution is 2.32. The second-order valence-corrected chi connectivity index (χ2v) is 6.08. The van der Waals surface area contributed by atoms with Crippen LogP contribution in [0, 0.1) is 23.2 Å². The third-order valence-electron chi connectivity index (χ3n) is 3.42. The minimum atomic E-state index is -0.149. The van der Waals surface area contributed by atoms with E-state index in [1.54, 1.807) is 0 Å². The van der Waals surface area contributed by atoms with Crippen LogP contribution in [0.4, 0.5) is 0 Å². The lowest BCUT2D eigenvalue weighted by atomic mass is 9.73. The lowest BCUT2D eigenvalue weighted by molar-refractivity contribution is -0.133. The van der Waals surface area contributed by atoms with E-state index in [0.717, 1.165) is 12.8 Å². The van der Waals surface area contributed by atoms with Gasteiger partial charge >= 0.3 is 0 Å². The Morgan fingerprint density at radius 3 is 1.87 bits per heavy atom. The molecule has 0 aliphatic heterocycles. The van der Waals surface area contributed by atoms with Gasteiger partial charge in [-0.3, -0.25) is 4.79 Å². The number of carbonyl (C=O) groups is 1. The minimum absolute atomic E-state index is 0.149. The first kappa shape index (κ1) is 14.7. The first-order valence-corrected chi connectivity index (χ1v) is 6.26. The third-order valence-corrected chi connectivity index (χ3v) is 3.42. The van der Waals surface area contributed by atoms with E-state index in [2.05, 4.69) is 48.5 Å². The predicted octanol–water partition coefficient (Wildman–Crippen LogP) is 4.31. The summed E-state index contributed by atoms with van der Waals surface area (Å²) < 4.78 is 0. The molecule has 0 heterocycles. The average molecular weight is 212 g/mol. The van der Waals surface area contributed by atoms with Gasteiger partial charge in [-0.15, -0.1) is 0 Å². The number of Topliss-reactive ketones (excluding diaryl/α,β-unsaturated/α-hetero) is 1. The van der Waals surface area contributed by atoms with E-state index in [1.165, 1.54) is 0 Å². The molecule has 15 heavy (non-hydrogen) atoms. The van der Waals surface area contributed by atoms with E-state index in [9.17, 15) is 4.79 Å². The van der Waals surface area contributed by atoms with Crippen molar-refractivity contribution in [3.05, 3.63) is 0 Å². The lowest BCUT2D eigenvalue weighted by Crippen LogP contribution is -2.34. The molecule has 0 spiro atoms. The van der Waals surface area contributed by atoms with Gasteiger partial charge in [-0.2, -0.15) is 0 Å². The molecule has 0 bridgehead atoms. The smallest absolute Gasteiger partial charge is 0.141 e. The van der Waals surface area contributed by atoms with Crippen molar-refractivity contribution in [3.63, 3.8) is 0 Å². The predicted molar refractivity (Wildman–Crippen MR) is 66.9 cm³/mol. The van der Waals surface area contributed by atoms with Crippen molar-refractivity contribution < 1.29 is 4.79 Å². The standard InChI is InChI=1S/C14H28O/c1-8-14(6,7)13(15)12(11(4)5)9-10(2)3/h10-12H,8-9H2,1-7H3. The molecule has 0 aliphatic carbocycles. The normalized spacial score (nSPS) is 14.7. The maximum Gasteiger partial charge on any atom is 0.141 e. The summed E-state index contributed by atoms with van der Waals surface area (Å²) in [5.74, 6) is 1.76. The van der Waals surface area contributed by atoms with Crippen LogP contribution in [0.3, 0.4) is 0 Å². The van der Waals surface area contributed by atoms with Crippen molar-refractivity contribution in [2.75, 3.05) is 0 Å². The van der Waals surface area contributed by atoms with E-state index in [1.807, 2.05) is 0 Å². The van der Waals surface area contributed by atoms with E-state index < -0.39 is 0 Å². The molecule has 0 fully saturated rings. The van der Waals surface area contributed by atoms with Gasteiger partial charge in [-0.1, -0.05) is 48.5 Å². The number of rotatable bonds is 6. The largest absolute Gasteiger partial charge is 0.299 e. The summed E-state index contributed by atoms with van der Waals surface area (Å²) in [5.41, 5.74) is -0.149. The van der Waals surface area contributed by atoms with Gasteiger partial charge in [0, 0.05) is 11.3 Å². The van der Waals surface area contributed by atoms with E-state index in [4.69, 9.17) is 0 Å². The molecule has 0 radical (unpaired) electrons. The van der Waals surface area contributed by atoms with Crippen LogP contribution in [-0.4, -0.2) is 5.78 Å². The first-order valence-electron chi connectivity index (χ1n) is 6.26. The molecule has 90 valence electrons. The summed E-state index contributed by atoms with van der Waals surface area (Å²) in [6.45, 7) is 15.0. The molecular weight excluding hydrogens is 184 g/mol. The van der Waals surface area contributed by atoms with Crippen LogP contribution < -0.4 is 0 Å². The molecule has 1 unspecified atom stereocenters. The second-order valence-electron chi connectivity index (χ2n) is 6.08. The minimum Gasteiger partial charge on any atom is -0.299 e. The zero-order valence-corrected chi connectivity index (χ0v) is 11.6. The zero-order valence-electron chi connectivity index (χ0n) is 11.6. The number of carbonyl (C=O) groups excluding carboxylic acids is 1. The van der Waals surface area contributed by atoms with Gasteiger partial charge in [-0.25, -0.2) is 0 Å². The average Bonchev–Trinajstić information content (AvgIpc) is 2.12. The number of hydrogen-bond donors (Lipinski definition) is 0. The van der Waals surface area contributed by atoms with Crippen molar-refractivity contribution in [2.45, 2.75) is 61.3 Å². The SMILES string of the molecule is CCC(C)(C)C(=O)C(CC(C)C)C(C)C. The van der Waals surface area contributed by atoms with Crippen LogP contribution in [0.15, 0.2) is 0 Å². The molecule has 0 saturated carbocycles. The summed E-state index contributed by atoms with van der Waals surface area (Å²) in [4.78, 5) is 12.4. The summed E-state index contributed by atoms with van der Waals surface area (Å²) in [5, 5.41) is 0.